The SMILES string of the molecule is O=S(=O)(c1c(Cl)c(Cl)cc(-c2ccc(Cl)cc2)c1Cl)c1c(Cl)c(Cl)cc(-c2ccc(Cl)cc2)c1Cl. The predicted octanol–water partition coefficient (Wildman–Crippen LogP) is 11.1. The Morgan fingerprint density at radius 1 is 0.457 bits per heavy atom. The molecule has 4 aromatic carbocycles. The van der Waals surface area contributed by atoms with E-state index in [1.54, 1.807) is 48.5 Å². The first-order valence-electron chi connectivity index (χ1n) is 9.55. The molecule has 0 N–H and O–H groups in total. The number of hydrogen-bond donors (Lipinski definition) is 0. The first-order chi connectivity index (χ1) is 16.4. The Hall–Kier alpha value is -0.850. The molecule has 0 radical (unpaired) electrons. The second-order valence-electron chi connectivity index (χ2n) is 7.24. The molecule has 4 aromatic rings. The van der Waals surface area contributed by atoms with E-state index >= 15 is 0 Å². The summed E-state index contributed by atoms with van der Waals surface area (Å²) in [4.78, 5) is -0.905. The average molecular weight is 646 g/mol. The minimum atomic E-state index is -4.53. The molecule has 0 fully saturated rings. The summed E-state index contributed by atoms with van der Waals surface area (Å²) in [5.74, 6) is 0. The zero-order valence-electron chi connectivity index (χ0n) is 17.0. The molecule has 0 bridgehead atoms. The van der Waals surface area contributed by atoms with Gasteiger partial charge in [0.2, 0.25) is 9.84 Å². The maximum absolute atomic E-state index is 14.0. The van der Waals surface area contributed by atoms with Gasteiger partial charge in [0.25, 0.3) is 0 Å². The Kier molecular flexibility index (Phi) is 8.15. The zero-order chi connectivity index (χ0) is 25.7. The van der Waals surface area contributed by atoms with Crippen LogP contribution in [0.15, 0.2) is 70.5 Å². The third-order valence-corrected chi connectivity index (χ3v) is 10.3. The van der Waals surface area contributed by atoms with E-state index in [4.69, 9.17) is 92.8 Å². The molecule has 180 valence electrons. The second kappa shape index (κ2) is 10.5. The van der Waals surface area contributed by atoms with Crippen LogP contribution in [-0.2, 0) is 9.84 Å². The van der Waals surface area contributed by atoms with Crippen molar-refractivity contribution in [1.29, 1.82) is 0 Å². The summed E-state index contributed by atoms with van der Waals surface area (Å²) in [7, 11) is -4.53. The Balaban J connectivity index is 2.02. The molecule has 35 heavy (non-hydrogen) atoms. The van der Waals surface area contributed by atoms with Crippen LogP contribution in [0, 0.1) is 0 Å². The number of sulfone groups is 1. The van der Waals surface area contributed by atoms with Gasteiger partial charge in [0, 0.05) is 21.2 Å². The highest BCUT2D eigenvalue weighted by Crippen LogP contribution is 2.49. The van der Waals surface area contributed by atoms with Crippen molar-refractivity contribution in [3.63, 3.8) is 0 Å². The highest BCUT2D eigenvalue weighted by Gasteiger charge is 2.34. The fourth-order valence-electron chi connectivity index (χ4n) is 3.41. The molecule has 0 aliphatic carbocycles. The number of hydrogen-bond acceptors (Lipinski definition) is 2. The van der Waals surface area contributed by atoms with Gasteiger partial charge < -0.3 is 0 Å². The first-order valence-corrected chi connectivity index (χ1v) is 14.1. The molecule has 0 aliphatic rings. The topological polar surface area (TPSA) is 34.1 Å². The largest absolute Gasteiger partial charge is 0.218 e. The van der Waals surface area contributed by atoms with Crippen molar-refractivity contribution < 1.29 is 8.42 Å². The van der Waals surface area contributed by atoms with Crippen molar-refractivity contribution in [3.8, 4) is 22.3 Å². The van der Waals surface area contributed by atoms with Crippen LogP contribution in [0.5, 0.6) is 0 Å². The standard InChI is InChI=1S/C24H10Cl8O2S/c25-13-5-1-11(2-6-13)15-9-17(27)21(31)23(19(15)29)35(33,34)24-20(30)16(10-18(28)22(24)32)12-3-7-14(26)8-4-12/h1-10H. The maximum atomic E-state index is 14.0. The minimum Gasteiger partial charge on any atom is -0.218 e. The summed E-state index contributed by atoms with van der Waals surface area (Å²) < 4.78 is 28.0. The van der Waals surface area contributed by atoms with Crippen LogP contribution < -0.4 is 0 Å². The average Bonchev–Trinajstić information content (AvgIpc) is 2.80. The zero-order valence-corrected chi connectivity index (χ0v) is 23.9. The third-order valence-electron chi connectivity index (χ3n) is 5.08. The van der Waals surface area contributed by atoms with Gasteiger partial charge in [0.05, 0.1) is 30.1 Å². The molecule has 0 aromatic heterocycles. The number of halogens is 8. The highest BCUT2D eigenvalue weighted by molar-refractivity contribution is 7.92. The fraction of sp³-hybridized carbons (Fsp3) is 0. The van der Waals surface area contributed by atoms with Crippen LogP contribution >= 0.6 is 92.8 Å². The van der Waals surface area contributed by atoms with E-state index in [0.717, 1.165) is 0 Å². The second-order valence-corrected chi connectivity index (χ2v) is 12.3. The van der Waals surface area contributed by atoms with Gasteiger partial charge in [-0.1, -0.05) is 117 Å². The lowest BCUT2D eigenvalue weighted by Crippen LogP contribution is -2.08. The molecule has 0 aliphatic heterocycles. The molecule has 0 amide bonds. The van der Waals surface area contributed by atoms with Gasteiger partial charge in [-0.15, -0.1) is 0 Å². The lowest BCUT2D eigenvalue weighted by atomic mass is 10.1. The first kappa shape index (κ1) is 27.2. The summed E-state index contributed by atoms with van der Waals surface area (Å²) in [6.07, 6.45) is 0. The Morgan fingerprint density at radius 2 is 0.771 bits per heavy atom. The van der Waals surface area contributed by atoms with Crippen molar-refractivity contribution >= 4 is 103 Å². The van der Waals surface area contributed by atoms with Crippen molar-refractivity contribution in [2.45, 2.75) is 9.79 Å². The molecule has 0 atom stereocenters. The Morgan fingerprint density at radius 3 is 1.09 bits per heavy atom. The molecule has 0 heterocycles. The summed E-state index contributed by atoms with van der Waals surface area (Å²) in [6, 6.07) is 16.1. The Bertz CT molecular complexity index is 1450. The molecule has 0 spiro atoms. The summed E-state index contributed by atoms with van der Waals surface area (Å²) >= 11 is 50.6. The summed E-state index contributed by atoms with van der Waals surface area (Å²) in [6.45, 7) is 0. The van der Waals surface area contributed by atoms with Gasteiger partial charge in [0.15, 0.2) is 0 Å². The quantitative estimate of drug-likeness (QED) is 0.207. The van der Waals surface area contributed by atoms with Crippen molar-refractivity contribution in [1.82, 2.24) is 0 Å². The Labute approximate surface area is 242 Å². The van der Waals surface area contributed by atoms with Crippen LogP contribution in [0.25, 0.3) is 22.3 Å². The van der Waals surface area contributed by atoms with Crippen LogP contribution in [0.2, 0.25) is 40.2 Å². The smallest absolute Gasteiger partial charge is 0.212 e. The van der Waals surface area contributed by atoms with Crippen LogP contribution in [-0.4, -0.2) is 8.42 Å². The van der Waals surface area contributed by atoms with Gasteiger partial charge in [-0.25, -0.2) is 8.42 Å². The molecule has 4 rings (SSSR count). The number of benzene rings is 4. The van der Waals surface area contributed by atoms with E-state index in [1.807, 2.05) is 0 Å². The van der Waals surface area contributed by atoms with Crippen molar-refractivity contribution in [2.75, 3.05) is 0 Å². The predicted molar refractivity (Wildman–Crippen MR) is 149 cm³/mol. The van der Waals surface area contributed by atoms with E-state index in [-0.39, 0.29) is 30.1 Å². The van der Waals surface area contributed by atoms with Crippen LogP contribution in [0.3, 0.4) is 0 Å². The van der Waals surface area contributed by atoms with Crippen molar-refractivity contribution in [2.24, 2.45) is 0 Å². The summed E-state index contributed by atoms with van der Waals surface area (Å²) in [5, 5.41) is 0.0152. The molecular formula is C24H10Cl8O2S. The van der Waals surface area contributed by atoms with Gasteiger partial charge >= 0.3 is 0 Å². The molecule has 2 nitrogen and oxygen atoms in total. The maximum Gasteiger partial charge on any atom is 0.212 e. The van der Waals surface area contributed by atoms with E-state index in [2.05, 4.69) is 0 Å². The fourth-order valence-corrected chi connectivity index (χ4v) is 7.90. The third kappa shape index (κ3) is 5.13. The van der Waals surface area contributed by atoms with E-state index < -0.39 is 19.6 Å². The van der Waals surface area contributed by atoms with Gasteiger partial charge in [0.1, 0.15) is 9.79 Å². The van der Waals surface area contributed by atoms with Gasteiger partial charge in [-0.05, 0) is 47.5 Å². The van der Waals surface area contributed by atoms with Crippen molar-refractivity contribution in [3.05, 3.63) is 101 Å². The lowest BCUT2D eigenvalue weighted by molar-refractivity contribution is 0.596. The van der Waals surface area contributed by atoms with E-state index in [1.165, 1.54) is 12.1 Å². The minimum absolute atomic E-state index is 0.0354. The molecule has 0 saturated carbocycles. The van der Waals surface area contributed by atoms with Gasteiger partial charge in [-0.2, -0.15) is 0 Å². The highest BCUT2D eigenvalue weighted by atomic mass is 35.5. The van der Waals surface area contributed by atoms with Crippen LogP contribution in [0.4, 0.5) is 0 Å². The normalized spacial score (nSPS) is 11.7. The van der Waals surface area contributed by atoms with Gasteiger partial charge in [-0.3, -0.25) is 0 Å². The lowest BCUT2D eigenvalue weighted by Gasteiger charge is -2.18. The molecule has 0 unspecified atom stereocenters. The molecule has 0 saturated heterocycles. The van der Waals surface area contributed by atoms with Crippen LogP contribution in [0.1, 0.15) is 0 Å². The monoisotopic (exact) mass is 642 g/mol. The van der Waals surface area contributed by atoms with E-state index in [9.17, 15) is 8.42 Å². The van der Waals surface area contributed by atoms with E-state index in [0.29, 0.717) is 32.3 Å². The summed E-state index contributed by atoms with van der Waals surface area (Å²) in [5.41, 5.74) is 1.78. The molecular weight excluding hydrogens is 636 g/mol. The molecule has 11 heteroatoms. The number of rotatable bonds is 4.